The number of hydrogen-bond acceptors (Lipinski definition) is 6. The van der Waals surface area contributed by atoms with Gasteiger partial charge in [-0.1, -0.05) is 12.1 Å². The summed E-state index contributed by atoms with van der Waals surface area (Å²) in [5.74, 6) is -0.163. The van der Waals surface area contributed by atoms with Crippen molar-refractivity contribution < 1.29 is 14.5 Å². The van der Waals surface area contributed by atoms with Crippen molar-refractivity contribution in [1.82, 2.24) is 4.98 Å². The minimum absolute atomic E-state index is 0.0344. The molecule has 132 valence electrons. The van der Waals surface area contributed by atoms with Crippen LogP contribution in [0.4, 0.5) is 11.5 Å². The van der Waals surface area contributed by atoms with E-state index in [0.717, 1.165) is 5.56 Å². The van der Waals surface area contributed by atoms with E-state index < -0.39 is 10.5 Å². The van der Waals surface area contributed by atoms with Gasteiger partial charge in [-0.05, 0) is 51.5 Å². The zero-order valence-electron chi connectivity index (χ0n) is 14.7. The van der Waals surface area contributed by atoms with Gasteiger partial charge in [-0.25, -0.2) is 9.78 Å². The van der Waals surface area contributed by atoms with Gasteiger partial charge in [0, 0.05) is 18.3 Å². The van der Waals surface area contributed by atoms with E-state index in [0.29, 0.717) is 17.7 Å². The highest BCUT2D eigenvalue weighted by molar-refractivity contribution is 5.89. The number of ether oxygens (including phenoxy) is 1. The minimum Gasteiger partial charge on any atom is -0.456 e. The third-order valence-corrected chi connectivity index (χ3v) is 3.36. The summed E-state index contributed by atoms with van der Waals surface area (Å²) in [6, 6.07) is 8.48. The Balaban J connectivity index is 2.07. The molecule has 7 heteroatoms. The van der Waals surface area contributed by atoms with Crippen LogP contribution in [0.5, 0.6) is 0 Å². The van der Waals surface area contributed by atoms with Gasteiger partial charge in [0.1, 0.15) is 5.60 Å². The van der Waals surface area contributed by atoms with Crippen molar-refractivity contribution in [2.75, 3.05) is 5.32 Å². The molecule has 0 aliphatic heterocycles. The predicted octanol–water partition coefficient (Wildman–Crippen LogP) is 3.87. The van der Waals surface area contributed by atoms with Crippen molar-refractivity contribution in [2.24, 2.45) is 0 Å². The Kier molecular flexibility index (Phi) is 5.36. The maximum atomic E-state index is 12.0. The number of nitrogens with zero attached hydrogens (tertiary/aromatic N) is 2. The standard InChI is InChI=1S/C18H21N3O4/c1-12-9-10-19-16(15(12)21(23)24)20-11-13-5-7-14(8-6-13)17(22)25-18(2,3)4/h5-10H,11H2,1-4H3,(H,19,20). The number of carbonyl (C=O) groups is 1. The Morgan fingerprint density at radius 1 is 1.24 bits per heavy atom. The zero-order chi connectivity index (χ0) is 18.6. The number of carbonyl (C=O) groups excluding carboxylic acids is 1. The fourth-order valence-corrected chi connectivity index (χ4v) is 2.19. The van der Waals surface area contributed by atoms with Gasteiger partial charge in [0.2, 0.25) is 5.82 Å². The third-order valence-electron chi connectivity index (χ3n) is 3.36. The number of aryl methyl sites for hydroxylation is 1. The quantitative estimate of drug-likeness (QED) is 0.503. The van der Waals surface area contributed by atoms with E-state index in [-0.39, 0.29) is 17.5 Å². The first-order valence-electron chi connectivity index (χ1n) is 7.83. The zero-order valence-corrected chi connectivity index (χ0v) is 14.7. The molecule has 2 rings (SSSR count). The molecule has 0 radical (unpaired) electrons. The molecule has 7 nitrogen and oxygen atoms in total. The normalized spacial score (nSPS) is 11.0. The van der Waals surface area contributed by atoms with Crippen LogP contribution in [0.25, 0.3) is 0 Å². The molecule has 2 aromatic rings. The molecule has 0 aliphatic carbocycles. The lowest BCUT2D eigenvalue weighted by Crippen LogP contribution is -2.23. The molecular weight excluding hydrogens is 322 g/mol. The highest BCUT2D eigenvalue weighted by Crippen LogP contribution is 2.25. The van der Waals surface area contributed by atoms with Gasteiger partial charge in [-0.15, -0.1) is 0 Å². The van der Waals surface area contributed by atoms with Crippen molar-refractivity contribution >= 4 is 17.5 Å². The third kappa shape index (κ3) is 5.00. The topological polar surface area (TPSA) is 94.4 Å². The van der Waals surface area contributed by atoms with Crippen molar-refractivity contribution in [3.8, 4) is 0 Å². The number of hydrogen-bond donors (Lipinski definition) is 1. The molecule has 0 bridgehead atoms. The van der Waals surface area contributed by atoms with Crippen molar-refractivity contribution in [2.45, 2.75) is 39.8 Å². The average molecular weight is 343 g/mol. The maximum Gasteiger partial charge on any atom is 0.338 e. The maximum absolute atomic E-state index is 12.0. The van der Waals surface area contributed by atoms with Gasteiger partial charge < -0.3 is 10.1 Å². The van der Waals surface area contributed by atoms with Gasteiger partial charge in [-0.2, -0.15) is 0 Å². The van der Waals surface area contributed by atoms with Crippen LogP contribution in [0.1, 0.15) is 42.3 Å². The van der Waals surface area contributed by atoms with E-state index in [4.69, 9.17) is 4.74 Å². The lowest BCUT2D eigenvalue weighted by Gasteiger charge is -2.19. The lowest BCUT2D eigenvalue weighted by atomic mass is 10.1. The van der Waals surface area contributed by atoms with Crippen LogP contribution in [0.2, 0.25) is 0 Å². The molecule has 0 fully saturated rings. The smallest absolute Gasteiger partial charge is 0.338 e. The molecule has 0 spiro atoms. The van der Waals surface area contributed by atoms with Crippen LogP contribution in [-0.4, -0.2) is 21.5 Å². The number of rotatable bonds is 5. The molecule has 1 heterocycles. The van der Waals surface area contributed by atoms with Gasteiger partial charge in [0.25, 0.3) is 0 Å². The van der Waals surface area contributed by atoms with Gasteiger partial charge in [0.15, 0.2) is 0 Å². The molecule has 25 heavy (non-hydrogen) atoms. The summed E-state index contributed by atoms with van der Waals surface area (Å²) in [7, 11) is 0. The number of benzene rings is 1. The van der Waals surface area contributed by atoms with E-state index in [9.17, 15) is 14.9 Å². The minimum atomic E-state index is -0.549. The molecule has 0 saturated heterocycles. The van der Waals surface area contributed by atoms with E-state index >= 15 is 0 Å². The Bertz CT molecular complexity index is 780. The number of nitrogens with one attached hydrogen (secondary N) is 1. The number of pyridine rings is 1. The van der Waals surface area contributed by atoms with Crippen LogP contribution < -0.4 is 5.32 Å². The Morgan fingerprint density at radius 2 is 1.88 bits per heavy atom. The summed E-state index contributed by atoms with van der Waals surface area (Å²) < 4.78 is 5.31. The van der Waals surface area contributed by atoms with Crippen LogP contribution in [0.3, 0.4) is 0 Å². The summed E-state index contributed by atoms with van der Waals surface area (Å²) >= 11 is 0. The second-order valence-corrected chi connectivity index (χ2v) is 6.63. The first-order chi connectivity index (χ1) is 11.7. The summed E-state index contributed by atoms with van der Waals surface area (Å²) in [5, 5.41) is 14.1. The largest absolute Gasteiger partial charge is 0.456 e. The summed E-state index contributed by atoms with van der Waals surface area (Å²) in [6.07, 6.45) is 1.52. The fraction of sp³-hybridized carbons (Fsp3) is 0.333. The van der Waals surface area contributed by atoms with Crippen LogP contribution in [0.15, 0.2) is 36.5 Å². The highest BCUT2D eigenvalue weighted by Gasteiger charge is 2.19. The highest BCUT2D eigenvalue weighted by atomic mass is 16.6. The molecule has 0 amide bonds. The van der Waals surface area contributed by atoms with Gasteiger partial charge in [0.05, 0.1) is 10.5 Å². The number of anilines is 1. The number of nitro groups is 1. The fourth-order valence-electron chi connectivity index (χ4n) is 2.19. The molecule has 0 atom stereocenters. The first-order valence-corrected chi connectivity index (χ1v) is 7.83. The molecule has 1 N–H and O–H groups in total. The van der Waals surface area contributed by atoms with Gasteiger partial charge >= 0.3 is 11.7 Å². The Labute approximate surface area is 146 Å². The van der Waals surface area contributed by atoms with E-state index in [1.54, 1.807) is 37.3 Å². The van der Waals surface area contributed by atoms with E-state index in [1.807, 2.05) is 20.8 Å². The molecule has 0 aliphatic rings. The Hall–Kier alpha value is -2.96. The average Bonchev–Trinajstić information content (AvgIpc) is 2.51. The van der Waals surface area contributed by atoms with Crippen LogP contribution in [0, 0.1) is 17.0 Å². The lowest BCUT2D eigenvalue weighted by molar-refractivity contribution is -0.384. The van der Waals surface area contributed by atoms with Crippen molar-refractivity contribution in [3.63, 3.8) is 0 Å². The van der Waals surface area contributed by atoms with E-state index in [1.165, 1.54) is 6.20 Å². The summed E-state index contributed by atoms with van der Waals surface area (Å²) in [6.45, 7) is 7.45. The molecule has 1 aromatic heterocycles. The molecular formula is C18H21N3O4. The van der Waals surface area contributed by atoms with Gasteiger partial charge in [-0.3, -0.25) is 10.1 Å². The SMILES string of the molecule is Cc1ccnc(NCc2ccc(C(=O)OC(C)(C)C)cc2)c1[N+](=O)[O-]. The monoisotopic (exact) mass is 343 g/mol. The number of esters is 1. The van der Waals surface area contributed by atoms with Crippen LogP contribution in [-0.2, 0) is 11.3 Å². The van der Waals surface area contributed by atoms with Crippen molar-refractivity contribution in [1.29, 1.82) is 0 Å². The second-order valence-electron chi connectivity index (χ2n) is 6.63. The molecule has 1 aromatic carbocycles. The second kappa shape index (κ2) is 7.29. The Morgan fingerprint density at radius 3 is 2.44 bits per heavy atom. The molecule has 0 unspecified atom stereocenters. The number of aromatic nitrogens is 1. The van der Waals surface area contributed by atoms with Crippen molar-refractivity contribution in [3.05, 3.63) is 63.3 Å². The molecule has 0 saturated carbocycles. The summed E-state index contributed by atoms with van der Waals surface area (Å²) in [4.78, 5) is 26.7. The predicted molar refractivity (Wildman–Crippen MR) is 94.6 cm³/mol. The first kappa shape index (κ1) is 18.4. The van der Waals surface area contributed by atoms with Crippen LogP contribution >= 0.6 is 0 Å². The summed E-state index contributed by atoms with van der Waals surface area (Å²) in [5.41, 5.74) is 1.28. The van der Waals surface area contributed by atoms with E-state index in [2.05, 4.69) is 10.3 Å².